The van der Waals surface area contributed by atoms with Crippen LogP contribution in [0.5, 0.6) is 5.75 Å². The van der Waals surface area contributed by atoms with Crippen LogP contribution in [0, 0.1) is 11.6 Å². The van der Waals surface area contributed by atoms with E-state index >= 15 is 0 Å². The molecule has 11 heteroatoms. The van der Waals surface area contributed by atoms with Gasteiger partial charge in [0.2, 0.25) is 5.43 Å². The number of nitrogens with zero attached hydrogens (tertiary/aromatic N) is 3. The van der Waals surface area contributed by atoms with Gasteiger partial charge in [0.05, 0.1) is 24.9 Å². The summed E-state index contributed by atoms with van der Waals surface area (Å²) in [6, 6.07) is 6.19. The quantitative estimate of drug-likeness (QED) is 0.505. The van der Waals surface area contributed by atoms with Gasteiger partial charge < -0.3 is 24.8 Å². The highest BCUT2D eigenvalue weighted by Crippen LogP contribution is 2.38. The Bertz CT molecular complexity index is 1350. The Kier molecular flexibility index (Phi) is 6.05. The van der Waals surface area contributed by atoms with Gasteiger partial charge in [-0.2, -0.15) is 0 Å². The van der Waals surface area contributed by atoms with Gasteiger partial charge >= 0.3 is 0 Å². The zero-order valence-electron chi connectivity index (χ0n) is 18.4. The van der Waals surface area contributed by atoms with Crippen LogP contribution in [0.2, 0.25) is 0 Å². The number of carbonyl (C=O) groups excluding carboxylic acids is 1. The summed E-state index contributed by atoms with van der Waals surface area (Å²) < 4.78 is 34.4. The second kappa shape index (κ2) is 9.17. The van der Waals surface area contributed by atoms with Crippen molar-refractivity contribution in [3.8, 4) is 5.75 Å². The van der Waals surface area contributed by atoms with Gasteiger partial charge in [-0.1, -0.05) is 12.1 Å². The van der Waals surface area contributed by atoms with Crippen molar-refractivity contribution in [2.24, 2.45) is 0 Å². The Morgan fingerprint density at radius 3 is 2.86 bits per heavy atom. The summed E-state index contributed by atoms with van der Waals surface area (Å²) in [6.45, 7) is 0.529. The predicted octanol–water partition coefficient (Wildman–Crippen LogP) is 1.74. The fourth-order valence-corrected chi connectivity index (χ4v) is 4.64. The number of aliphatic hydroxyl groups excluding tert-OH is 1. The van der Waals surface area contributed by atoms with Crippen molar-refractivity contribution in [1.29, 1.82) is 0 Å². The van der Waals surface area contributed by atoms with Crippen molar-refractivity contribution in [3.05, 3.63) is 92.7 Å². The Balaban J connectivity index is 1.49. The van der Waals surface area contributed by atoms with Crippen LogP contribution >= 0.6 is 0 Å². The SMILES string of the molecule is O=C(NCc1ccc(F)cc1F)c1c2n3c(c(O)c1=O)C(O)N(Cc1cccnc1)CC3COC2. The van der Waals surface area contributed by atoms with Crippen LogP contribution in [0.25, 0.3) is 0 Å². The standard InChI is InChI=1S/C24H22F2N4O5/c25-15-4-3-14(17(26)6-15)8-28-23(33)19-18-12-35-11-16-10-29(9-13-2-1-5-27-7-13)24(34)20(30(16)18)22(32)21(19)31/h1-7,16,24,32,34H,8-12H2,(H,28,33). The van der Waals surface area contributed by atoms with E-state index in [0.717, 1.165) is 11.6 Å². The summed E-state index contributed by atoms with van der Waals surface area (Å²) >= 11 is 0. The van der Waals surface area contributed by atoms with E-state index in [1.165, 1.54) is 6.07 Å². The molecule has 5 rings (SSSR count). The lowest BCUT2D eigenvalue weighted by Crippen LogP contribution is -2.47. The molecule has 1 aromatic carbocycles. The third-order valence-electron chi connectivity index (χ3n) is 6.26. The number of nitrogens with one attached hydrogen (secondary N) is 1. The number of ether oxygens (including phenoxy) is 1. The molecular formula is C24H22F2N4O5. The smallest absolute Gasteiger partial charge is 0.257 e. The molecule has 2 aliphatic rings. The fraction of sp³-hybridized carbons (Fsp3) is 0.292. The van der Waals surface area contributed by atoms with E-state index in [4.69, 9.17) is 4.74 Å². The molecule has 0 saturated heterocycles. The number of aromatic nitrogens is 2. The molecule has 9 nitrogen and oxygen atoms in total. The molecule has 0 aliphatic carbocycles. The second-order valence-corrected chi connectivity index (χ2v) is 8.51. The maximum atomic E-state index is 14.0. The predicted molar refractivity (Wildman–Crippen MR) is 118 cm³/mol. The maximum Gasteiger partial charge on any atom is 0.257 e. The Morgan fingerprint density at radius 1 is 1.29 bits per heavy atom. The lowest BCUT2D eigenvalue weighted by Gasteiger charge is -2.43. The van der Waals surface area contributed by atoms with E-state index in [1.807, 2.05) is 6.07 Å². The fourth-order valence-electron chi connectivity index (χ4n) is 4.64. The van der Waals surface area contributed by atoms with Crippen LogP contribution in [-0.2, 0) is 24.4 Å². The molecule has 0 fully saturated rings. The number of aromatic hydroxyl groups is 1. The van der Waals surface area contributed by atoms with Crippen LogP contribution in [0.3, 0.4) is 0 Å². The highest BCUT2D eigenvalue weighted by atomic mass is 19.1. The summed E-state index contributed by atoms with van der Waals surface area (Å²) in [5, 5.41) is 24.3. The topological polar surface area (TPSA) is 117 Å². The van der Waals surface area contributed by atoms with Gasteiger partial charge in [0.25, 0.3) is 5.91 Å². The van der Waals surface area contributed by atoms with Crippen molar-refractivity contribution >= 4 is 5.91 Å². The first-order chi connectivity index (χ1) is 16.8. The van der Waals surface area contributed by atoms with Crippen molar-refractivity contribution in [2.45, 2.75) is 32.0 Å². The summed E-state index contributed by atoms with van der Waals surface area (Å²) in [5.41, 5.74) is -0.221. The number of rotatable bonds is 5. The van der Waals surface area contributed by atoms with Crippen molar-refractivity contribution < 1.29 is 28.5 Å². The Morgan fingerprint density at radius 2 is 2.11 bits per heavy atom. The molecule has 4 heterocycles. The average Bonchev–Trinajstić information content (AvgIpc) is 2.84. The Labute approximate surface area is 198 Å². The number of pyridine rings is 2. The summed E-state index contributed by atoms with van der Waals surface area (Å²) in [5.74, 6) is -3.16. The van der Waals surface area contributed by atoms with Crippen LogP contribution in [0.1, 0.15) is 45.1 Å². The minimum absolute atomic E-state index is 0.00503. The molecule has 0 radical (unpaired) electrons. The normalized spacial score (nSPS) is 19.3. The first-order valence-corrected chi connectivity index (χ1v) is 11.0. The molecule has 1 amide bonds. The zero-order chi connectivity index (χ0) is 24.7. The van der Waals surface area contributed by atoms with Crippen LogP contribution in [-0.4, -0.2) is 43.7 Å². The number of hydrogen-bond acceptors (Lipinski definition) is 7. The van der Waals surface area contributed by atoms with Gasteiger partial charge in [0, 0.05) is 43.7 Å². The van der Waals surface area contributed by atoms with Gasteiger partial charge in [0.15, 0.2) is 12.0 Å². The van der Waals surface area contributed by atoms with Crippen LogP contribution < -0.4 is 10.7 Å². The van der Waals surface area contributed by atoms with E-state index in [-0.39, 0.29) is 48.3 Å². The number of halogens is 2. The molecule has 35 heavy (non-hydrogen) atoms. The highest BCUT2D eigenvalue weighted by Gasteiger charge is 2.40. The molecule has 2 aliphatic heterocycles. The van der Waals surface area contributed by atoms with Gasteiger partial charge in [-0.05, 0) is 17.7 Å². The van der Waals surface area contributed by atoms with E-state index in [1.54, 1.807) is 27.9 Å². The summed E-state index contributed by atoms with van der Waals surface area (Å²) in [4.78, 5) is 31.8. The molecule has 0 saturated carbocycles. The summed E-state index contributed by atoms with van der Waals surface area (Å²) in [6.07, 6.45) is 1.99. The zero-order valence-corrected chi connectivity index (χ0v) is 18.4. The third kappa shape index (κ3) is 4.18. The van der Waals surface area contributed by atoms with Crippen molar-refractivity contribution in [1.82, 2.24) is 19.8 Å². The van der Waals surface area contributed by atoms with E-state index in [9.17, 15) is 28.6 Å². The monoisotopic (exact) mass is 484 g/mol. The first kappa shape index (κ1) is 23.1. The molecule has 3 N–H and O–H groups in total. The summed E-state index contributed by atoms with van der Waals surface area (Å²) in [7, 11) is 0. The van der Waals surface area contributed by atoms with Crippen LogP contribution in [0.4, 0.5) is 8.78 Å². The van der Waals surface area contributed by atoms with Gasteiger partial charge in [0.1, 0.15) is 22.9 Å². The van der Waals surface area contributed by atoms with Gasteiger partial charge in [-0.25, -0.2) is 8.78 Å². The maximum absolute atomic E-state index is 14.0. The lowest BCUT2D eigenvalue weighted by atomic mass is 10.0. The van der Waals surface area contributed by atoms with E-state index in [0.29, 0.717) is 19.2 Å². The van der Waals surface area contributed by atoms with Gasteiger partial charge in [-0.15, -0.1) is 0 Å². The molecule has 2 unspecified atom stereocenters. The molecule has 0 spiro atoms. The van der Waals surface area contributed by atoms with Crippen molar-refractivity contribution in [2.75, 3.05) is 13.2 Å². The Hall–Kier alpha value is -3.67. The molecule has 0 bridgehead atoms. The first-order valence-electron chi connectivity index (χ1n) is 11.0. The largest absolute Gasteiger partial charge is 0.503 e. The number of aliphatic hydroxyl groups is 1. The molecule has 2 aromatic heterocycles. The molecule has 182 valence electrons. The minimum atomic E-state index is -1.30. The number of carbonyl (C=O) groups is 1. The van der Waals surface area contributed by atoms with Crippen molar-refractivity contribution in [3.63, 3.8) is 0 Å². The molecular weight excluding hydrogens is 462 g/mol. The van der Waals surface area contributed by atoms with Crippen LogP contribution in [0.15, 0.2) is 47.5 Å². The molecule has 2 atom stereocenters. The average molecular weight is 484 g/mol. The number of amides is 1. The van der Waals surface area contributed by atoms with E-state index in [2.05, 4.69) is 10.3 Å². The highest BCUT2D eigenvalue weighted by molar-refractivity contribution is 5.95. The van der Waals surface area contributed by atoms with Gasteiger partial charge in [-0.3, -0.25) is 19.5 Å². The molecule has 3 aromatic rings. The van der Waals surface area contributed by atoms with E-state index < -0.39 is 34.9 Å². The number of hydrogen-bond donors (Lipinski definition) is 3. The second-order valence-electron chi connectivity index (χ2n) is 8.51. The lowest BCUT2D eigenvalue weighted by molar-refractivity contribution is -0.0656. The minimum Gasteiger partial charge on any atom is -0.503 e. The number of benzene rings is 1. The third-order valence-corrected chi connectivity index (χ3v) is 6.26.